The summed E-state index contributed by atoms with van der Waals surface area (Å²) in [5.74, 6) is -0.854. The van der Waals surface area contributed by atoms with Crippen LogP contribution in [0.5, 0.6) is 0 Å². The van der Waals surface area contributed by atoms with Gasteiger partial charge in [-0.05, 0) is 12.1 Å². The van der Waals surface area contributed by atoms with E-state index in [1.807, 2.05) is 0 Å². The van der Waals surface area contributed by atoms with Crippen LogP contribution in [0.25, 0.3) is 0 Å². The van der Waals surface area contributed by atoms with Gasteiger partial charge in [0, 0.05) is 0 Å². The molecule has 110 valence electrons. The lowest BCUT2D eigenvalue weighted by atomic mass is 10.0. The summed E-state index contributed by atoms with van der Waals surface area (Å²) in [4.78, 5) is 22.5. The van der Waals surface area contributed by atoms with E-state index >= 15 is 0 Å². The van der Waals surface area contributed by atoms with E-state index in [2.05, 4.69) is 0 Å². The molecule has 0 spiro atoms. The van der Waals surface area contributed by atoms with Gasteiger partial charge in [0.05, 0.1) is 12.2 Å². The Hall–Kier alpha value is -1.80. The zero-order valence-corrected chi connectivity index (χ0v) is 10.5. The summed E-state index contributed by atoms with van der Waals surface area (Å²) < 4.78 is 4.75. The fraction of sp³-hybridized carbons (Fsp3) is 0.385. The highest BCUT2D eigenvalue weighted by Gasteiger charge is 2.33. The molecule has 7 nitrogen and oxygen atoms in total. The smallest absolute Gasteiger partial charge is 0.338 e. The summed E-state index contributed by atoms with van der Waals surface area (Å²) in [7, 11) is 0. The highest BCUT2D eigenvalue weighted by atomic mass is 16.6. The number of aliphatic hydroxyl groups excluding tert-OH is 4. The van der Waals surface area contributed by atoms with Crippen molar-refractivity contribution in [1.82, 2.24) is 0 Å². The summed E-state index contributed by atoms with van der Waals surface area (Å²) in [6, 6.07) is 7.77. The molecule has 1 rings (SSSR count). The fourth-order valence-corrected chi connectivity index (χ4v) is 1.47. The van der Waals surface area contributed by atoms with E-state index in [9.17, 15) is 24.9 Å². The number of carbonyl (C=O) groups is 2. The Labute approximate surface area is 115 Å². The van der Waals surface area contributed by atoms with Gasteiger partial charge >= 0.3 is 5.97 Å². The minimum Gasteiger partial charge on any atom is -0.448 e. The summed E-state index contributed by atoms with van der Waals surface area (Å²) in [6.07, 6.45) is -6.83. The van der Waals surface area contributed by atoms with Crippen LogP contribution in [0.4, 0.5) is 0 Å². The summed E-state index contributed by atoms with van der Waals surface area (Å²) >= 11 is 0. The normalized spacial score (nSPS) is 16.8. The van der Waals surface area contributed by atoms with Crippen LogP contribution < -0.4 is 0 Å². The Morgan fingerprint density at radius 2 is 1.75 bits per heavy atom. The topological polar surface area (TPSA) is 124 Å². The fourth-order valence-electron chi connectivity index (χ4n) is 1.47. The summed E-state index contributed by atoms with van der Waals surface area (Å²) in [5, 5.41) is 36.9. The lowest BCUT2D eigenvalue weighted by Crippen LogP contribution is -2.48. The average molecular weight is 284 g/mol. The van der Waals surface area contributed by atoms with Gasteiger partial charge in [-0.3, -0.25) is 4.79 Å². The molecule has 0 aliphatic carbocycles. The molecule has 0 amide bonds. The van der Waals surface area contributed by atoms with E-state index in [-0.39, 0.29) is 11.8 Å². The molecule has 4 atom stereocenters. The van der Waals surface area contributed by atoms with Gasteiger partial charge in [0.2, 0.25) is 0 Å². The maximum atomic E-state index is 11.7. The number of aliphatic hydroxyl groups is 4. The van der Waals surface area contributed by atoms with E-state index in [0.29, 0.717) is 0 Å². The van der Waals surface area contributed by atoms with Crippen molar-refractivity contribution in [3.8, 4) is 0 Å². The van der Waals surface area contributed by atoms with Crippen molar-refractivity contribution in [2.75, 3.05) is 6.61 Å². The van der Waals surface area contributed by atoms with Crippen LogP contribution in [0.3, 0.4) is 0 Å². The Balaban J connectivity index is 2.72. The highest BCUT2D eigenvalue weighted by Crippen LogP contribution is 2.10. The standard InChI is InChI=1S/C13H16O7/c14-6-9(16)11(17)12(18)10(7-15)20-13(19)8-4-2-1-3-5-8/h1-5,7,9-12,14,16-18H,6H2/t9-,10+,11+,12-/m1/s1. The number of esters is 1. The van der Waals surface area contributed by atoms with E-state index < -0.39 is 37.0 Å². The zero-order chi connectivity index (χ0) is 15.1. The van der Waals surface area contributed by atoms with Crippen LogP contribution >= 0.6 is 0 Å². The molecule has 0 aromatic heterocycles. The lowest BCUT2D eigenvalue weighted by Gasteiger charge is -2.25. The second-order valence-corrected chi connectivity index (χ2v) is 4.10. The van der Waals surface area contributed by atoms with Crippen molar-refractivity contribution in [1.29, 1.82) is 0 Å². The van der Waals surface area contributed by atoms with Gasteiger partial charge in [-0.1, -0.05) is 18.2 Å². The largest absolute Gasteiger partial charge is 0.448 e. The van der Waals surface area contributed by atoms with E-state index in [1.54, 1.807) is 18.2 Å². The first kappa shape index (κ1) is 16.3. The Bertz CT molecular complexity index is 434. The minimum atomic E-state index is -1.85. The molecule has 0 aliphatic rings. The van der Waals surface area contributed by atoms with E-state index in [1.165, 1.54) is 12.1 Å². The van der Waals surface area contributed by atoms with Crippen molar-refractivity contribution < 1.29 is 34.8 Å². The van der Waals surface area contributed by atoms with Gasteiger partial charge in [-0.25, -0.2) is 4.79 Å². The number of aldehydes is 1. The van der Waals surface area contributed by atoms with Crippen LogP contribution in [0.1, 0.15) is 10.4 Å². The predicted molar refractivity (Wildman–Crippen MR) is 66.8 cm³/mol. The monoisotopic (exact) mass is 284 g/mol. The van der Waals surface area contributed by atoms with Gasteiger partial charge in [0.15, 0.2) is 12.4 Å². The first-order chi connectivity index (χ1) is 9.51. The quantitative estimate of drug-likeness (QED) is 0.354. The van der Waals surface area contributed by atoms with E-state index in [0.717, 1.165) is 0 Å². The Kier molecular flexibility index (Phi) is 6.26. The van der Waals surface area contributed by atoms with Crippen molar-refractivity contribution in [3.63, 3.8) is 0 Å². The molecule has 1 aromatic rings. The second kappa shape index (κ2) is 7.71. The molecular weight excluding hydrogens is 268 g/mol. The number of hydrogen-bond donors (Lipinski definition) is 4. The van der Waals surface area contributed by atoms with Crippen LogP contribution in [0.2, 0.25) is 0 Å². The molecule has 0 radical (unpaired) electrons. The van der Waals surface area contributed by atoms with Gasteiger partial charge in [-0.2, -0.15) is 0 Å². The van der Waals surface area contributed by atoms with Crippen LogP contribution in [0, 0.1) is 0 Å². The van der Waals surface area contributed by atoms with Crippen molar-refractivity contribution in [3.05, 3.63) is 35.9 Å². The van der Waals surface area contributed by atoms with Crippen molar-refractivity contribution in [2.24, 2.45) is 0 Å². The van der Waals surface area contributed by atoms with Gasteiger partial charge < -0.3 is 25.2 Å². The molecule has 0 fully saturated rings. The van der Waals surface area contributed by atoms with Gasteiger partial charge in [0.25, 0.3) is 0 Å². The average Bonchev–Trinajstić information content (AvgIpc) is 2.50. The highest BCUT2D eigenvalue weighted by molar-refractivity contribution is 5.90. The number of benzene rings is 1. The first-order valence-electron chi connectivity index (χ1n) is 5.87. The van der Waals surface area contributed by atoms with Crippen LogP contribution in [-0.4, -0.2) is 63.7 Å². The first-order valence-corrected chi connectivity index (χ1v) is 5.87. The number of ether oxygens (including phenoxy) is 1. The number of rotatable bonds is 7. The van der Waals surface area contributed by atoms with Crippen LogP contribution in [-0.2, 0) is 9.53 Å². The third kappa shape index (κ3) is 4.10. The van der Waals surface area contributed by atoms with Gasteiger partial charge in [-0.15, -0.1) is 0 Å². The predicted octanol–water partition coefficient (Wildman–Crippen LogP) is -1.51. The maximum absolute atomic E-state index is 11.7. The molecule has 1 aromatic carbocycles. The van der Waals surface area contributed by atoms with Gasteiger partial charge in [0.1, 0.15) is 18.3 Å². The molecule has 0 bridgehead atoms. The SMILES string of the molecule is O=C[C@H](OC(=O)c1ccccc1)[C@@H](O)[C@@H](O)[C@H](O)CO. The molecule has 0 saturated heterocycles. The molecule has 0 saturated carbocycles. The number of hydrogen-bond acceptors (Lipinski definition) is 7. The maximum Gasteiger partial charge on any atom is 0.338 e. The summed E-state index contributed by atoms with van der Waals surface area (Å²) in [6.45, 7) is -0.809. The second-order valence-electron chi connectivity index (χ2n) is 4.10. The van der Waals surface area contributed by atoms with Crippen LogP contribution in [0.15, 0.2) is 30.3 Å². The molecule has 0 heterocycles. The molecule has 7 heteroatoms. The third-order valence-electron chi connectivity index (χ3n) is 2.65. The molecule has 0 aliphatic heterocycles. The van der Waals surface area contributed by atoms with Crippen molar-refractivity contribution >= 4 is 12.3 Å². The Morgan fingerprint density at radius 1 is 1.15 bits per heavy atom. The Morgan fingerprint density at radius 3 is 2.25 bits per heavy atom. The molecule has 20 heavy (non-hydrogen) atoms. The third-order valence-corrected chi connectivity index (χ3v) is 2.65. The zero-order valence-electron chi connectivity index (χ0n) is 10.5. The summed E-state index contributed by atoms with van der Waals surface area (Å²) in [5.41, 5.74) is 0.170. The molecular formula is C13H16O7. The van der Waals surface area contributed by atoms with Crippen molar-refractivity contribution in [2.45, 2.75) is 24.4 Å². The molecule has 0 unspecified atom stereocenters. The lowest BCUT2D eigenvalue weighted by molar-refractivity contribution is -0.138. The minimum absolute atomic E-state index is 0.138. The van der Waals surface area contributed by atoms with E-state index in [4.69, 9.17) is 9.84 Å². The number of carbonyl (C=O) groups excluding carboxylic acids is 2. The molecule has 4 N–H and O–H groups in total.